The van der Waals surface area contributed by atoms with E-state index in [9.17, 15) is 0 Å². The first-order valence-electron chi connectivity index (χ1n) is 38.5. The van der Waals surface area contributed by atoms with Gasteiger partial charge in [0, 0.05) is 58.1 Å². The van der Waals surface area contributed by atoms with Crippen molar-refractivity contribution in [1.82, 2.24) is 0 Å². The van der Waals surface area contributed by atoms with Crippen molar-refractivity contribution in [1.29, 1.82) is 0 Å². The first-order valence-corrected chi connectivity index (χ1v) is 38.5. The van der Waals surface area contributed by atoms with E-state index in [1.807, 2.05) is 149 Å². The fourth-order valence-electron chi connectivity index (χ4n) is 19.3. The maximum absolute atomic E-state index is 16.5. The third kappa shape index (κ3) is 11.1. The third-order valence-electron chi connectivity index (χ3n) is 24.3. The summed E-state index contributed by atoms with van der Waals surface area (Å²) in [6.07, 6.45) is 12.4. The first-order chi connectivity index (χ1) is 56.3. The minimum atomic E-state index is -1.05. The van der Waals surface area contributed by atoms with Crippen molar-refractivity contribution in [2.24, 2.45) is 5.92 Å². The lowest BCUT2D eigenvalue weighted by atomic mass is 9.65. The van der Waals surface area contributed by atoms with Crippen molar-refractivity contribution in [3.8, 4) is 44.9 Å². The van der Waals surface area contributed by atoms with E-state index in [-0.39, 0.29) is 23.5 Å². The fourth-order valence-corrected chi connectivity index (χ4v) is 19.3. The van der Waals surface area contributed by atoms with Crippen LogP contribution in [0, 0.1) is 40.8 Å². The van der Waals surface area contributed by atoms with Gasteiger partial charge in [0.2, 0.25) is 0 Å². The van der Waals surface area contributed by atoms with Gasteiger partial charge < -0.3 is 19.3 Å². The average molecular weight is 1510 g/mol. The van der Waals surface area contributed by atoms with Crippen LogP contribution in [0.1, 0.15) is 94.9 Å². The van der Waals surface area contributed by atoms with Crippen molar-refractivity contribution in [2.45, 2.75) is 35.4 Å². The van der Waals surface area contributed by atoms with Crippen molar-refractivity contribution in [3.05, 3.63) is 489 Å². The van der Waals surface area contributed by atoms with Crippen LogP contribution in [0.15, 0.2) is 365 Å². The molecule has 15 aromatic rings. The summed E-state index contributed by atoms with van der Waals surface area (Å²) in [4.78, 5) is 3.99. The minimum absolute atomic E-state index is 0.153. The van der Waals surface area contributed by atoms with Gasteiger partial charge in [-0.1, -0.05) is 244 Å². The highest BCUT2D eigenvalue weighted by Gasteiger charge is 2.58. The molecule has 115 heavy (non-hydrogen) atoms. The Kier molecular flexibility index (Phi) is 16.9. The summed E-state index contributed by atoms with van der Waals surface area (Å²) in [6.45, 7) is 8.48. The van der Waals surface area contributed by atoms with Crippen molar-refractivity contribution >= 4 is 46.3 Å². The maximum atomic E-state index is 16.5. The Labute approximate surface area is 663 Å². The molecule has 20 rings (SSSR count). The number of ether oxygens (including phenoxy) is 2. The van der Waals surface area contributed by atoms with Gasteiger partial charge in [0.05, 0.1) is 16.2 Å². The predicted octanol–water partition coefficient (Wildman–Crippen LogP) is 26.8. The molecular formula is C105H70F6N2O2. The SMILES string of the molecule is C=Cc1ccc(COc2ccc(C3(c4ccc(F)cc4)c4ccccc4-c4ccc(N(c5ccc(F)c(F)c5)c5ccc6c(c5)C5(c7ccccc7-6)c6cc(N(c7ccc(F)c(F)c7)c7ccc8c(c7)C(c7ccc(F)cc7)(c7ccc(OCc9ccc(C=C)cc9)cc7)c7ccccc7-8)ccc6C6C=CC=CC65)cc43)cc2)cc1. The minimum Gasteiger partial charge on any atom is -0.489 e. The van der Waals surface area contributed by atoms with Gasteiger partial charge >= 0.3 is 0 Å². The van der Waals surface area contributed by atoms with Crippen molar-refractivity contribution in [2.75, 3.05) is 9.80 Å². The molecule has 5 aliphatic rings. The van der Waals surface area contributed by atoms with Crippen LogP contribution >= 0.6 is 0 Å². The smallest absolute Gasteiger partial charge is 0.160 e. The van der Waals surface area contributed by atoms with E-state index in [1.54, 1.807) is 24.3 Å². The summed E-state index contributed by atoms with van der Waals surface area (Å²) < 4.78 is 108. The summed E-state index contributed by atoms with van der Waals surface area (Å²) in [5.41, 5.74) is 21.3. The summed E-state index contributed by atoms with van der Waals surface area (Å²) in [5, 5.41) is 0. The lowest BCUT2D eigenvalue weighted by molar-refractivity contribution is 0.306. The number of benzene rings is 15. The lowest BCUT2D eigenvalue weighted by Gasteiger charge is -2.37. The molecule has 4 nitrogen and oxygen atoms in total. The molecule has 15 aromatic carbocycles. The Balaban J connectivity index is 0.756. The third-order valence-corrected chi connectivity index (χ3v) is 24.3. The first kappa shape index (κ1) is 70.2. The van der Waals surface area contributed by atoms with E-state index >= 15 is 26.3 Å². The molecule has 5 atom stereocenters. The van der Waals surface area contributed by atoms with Gasteiger partial charge in [-0.25, -0.2) is 26.3 Å². The van der Waals surface area contributed by atoms with Crippen LogP contribution in [-0.2, 0) is 29.5 Å². The summed E-state index contributed by atoms with van der Waals surface area (Å²) >= 11 is 0. The van der Waals surface area contributed by atoms with E-state index < -0.39 is 39.5 Å². The Morgan fingerprint density at radius 2 is 0.652 bits per heavy atom. The summed E-state index contributed by atoms with van der Waals surface area (Å²) in [6, 6.07) is 104. The second-order valence-corrected chi connectivity index (χ2v) is 30.1. The molecular weight excluding hydrogens is 1440 g/mol. The van der Waals surface area contributed by atoms with Crippen molar-refractivity contribution in [3.63, 3.8) is 0 Å². The van der Waals surface area contributed by atoms with Crippen LogP contribution in [0.2, 0.25) is 0 Å². The number of hydrogen-bond donors (Lipinski definition) is 0. The van der Waals surface area contributed by atoms with E-state index in [1.165, 1.54) is 36.4 Å². The van der Waals surface area contributed by atoms with E-state index in [0.29, 0.717) is 58.8 Å². The average Bonchev–Trinajstić information content (AvgIpc) is 1.51. The molecule has 5 aliphatic carbocycles. The zero-order chi connectivity index (χ0) is 77.8. The van der Waals surface area contributed by atoms with Gasteiger partial charge in [-0.3, -0.25) is 0 Å². The Bertz CT molecular complexity index is 6490. The zero-order valence-corrected chi connectivity index (χ0v) is 62.1. The molecule has 0 bridgehead atoms. The van der Waals surface area contributed by atoms with E-state index in [2.05, 4.69) is 165 Å². The number of allylic oxidation sites excluding steroid dienone is 4. The molecule has 0 N–H and O–H groups in total. The second-order valence-electron chi connectivity index (χ2n) is 30.1. The molecule has 0 aromatic heterocycles. The van der Waals surface area contributed by atoms with Gasteiger partial charge in [-0.2, -0.15) is 0 Å². The van der Waals surface area contributed by atoms with Crippen LogP contribution in [0.25, 0.3) is 45.5 Å². The van der Waals surface area contributed by atoms with Gasteiger partial charge in [-0.05, 0) is 244 Å². The monoisotopic (exact) mass is 1500 g/mol. The number of halogens is 6. The van der Waals surface area contributed by atoms with E-state index in [4.69, 9.17) is 9.47 Å². The lowest BCUT2D eigenvalue weighted by Crippen LogP contribution is -2.33. The quantitative estimate of drug-likeness (QED) is 0.0800. The molecule has 0 aliphatic heterocycles. The molecule has 1 spiro atoms. The van der Waals surface area contributed by atoms with Crippen LogP contribution in [-0.4, -0.2) is 0 Å². The van der Waals surface area contributed by atoms with Gasteiger partial charge in [0.15, 0.2) is 23.3 Å². The predicted molar refractivity (Wildman–Crippen MR) is 448 cm³/mol. The standard InChI is InChI=1S/C105H70F6N2O2/c1-3-65-21-25-67(26-22-65)63-114-81-47-33-71(34-48-81)103(69-29-37-73(106)38-30-69)91-17-9-5-13-83(91)87-51-41-75(57-95(87)103)112(79-45-55-99(108)101(110)61-79)77-43-53-89-85-15-7-11-19-93(85)105(97(89)59-77)94-20-12-8-16-86(94)90-54-44-78(60-98(90)105)113(80-46-56-100(109)102(111)62-80)76-42-52-88-84-14-6-10-18-92(84)104(96(88)58-76,70-31-39-74(107)40-32-70)72-35-49-82(50-36-72)115-64-68-27-23-66(4-2)24-28-68/h3-62,85,93H,1-2,63-64H2. The molecule has 0 heterocycles. The number of nitrogens with zero attached hydrogens (tertiary/aromatic N) is 2. The van der Waals surface area contributed by atoms with Crippen LogP contribution in [0.4, 0.5) is 60.5 Å². The molecule has 0 saturated heterocycles. The molecule has 0 saturated carbocycles. The normalized spacial score (nSPS) is 17.8. The number of fused-ring (bicyclic) bond motifs is 16. The van der Waals surface area contributed by atoms with Crippen molar-refractivity contribution < 1.29 is 35.8 Å². The van der Waals surface area contributed by atoms with E-state index in [0.717, 1.165) is 135 Å². The number of rotatable bonds is 18. The van der Waals surface area contributed by atoms with Crippen LogP contribution in [0.3, 0.4) is 0 Å². The second kappa shape index (κ2) is 27.8. The molecule has 10 heteroatoms. The highest BCUT2D eigenvalue weighted by atomic mass is 19.2. The molecule has 0 fully saturated rings. The largest absolute Gasteiger partial charge is 0.489 e. The number of hydrogen-bond acceptors (Lipinski definition) is 4. The highest BCUT2D eigenvalue weighted by molar-refractivity contribution is 5.95. The maximum Gasteiger partial charge on any atom is 0.160 e. The van der Waals surface area contributed by atoms with Crippen LogP contribution < -0.4 is 19.3 Å². The Morgan fingerprint density at radius 1 is 0.304 bits per heavy atom. The van der Waals surface area contributed by atoms with Gasteiger partial charge in [0.1, 0.15) is 36.3 Å². The molecule has 0 amide bonds. The Morgan fingerprint density at radius 3 is 1.09 bits per heavy atom. The Hall–Kier alpha value is -14.0. The van der Waals surface area contributed by atoms with Crippen LogP contribution in [0.5, 0.6) is 11.5 Å². The topological polar surface area (TPSA) is 24.9 Å². The zero-order valence-electron chi connectivity index (χ0n) is 62.1. The number of anilines is 6. The van der Waals surface area contributed by atoms with Gasteiger partial charge in [-0.15, -0.1) is 0 Å². The fraction of sp³-hybridized carbons (Fsp3) is 0.0667. The molecule has 554 valence electrons. The highest BCUT2D eigenvalue weighted by Crippen LogP contribution is 2.67. The molecule has 5 unspecified atom stereocenters. The van der Waals surface area contributed by atoms with Gasteiger partial charge in [0.25, 0.3) is 0 Å². The summed E-state index contributed by atoms with van der Waals surface area (Å²) in [5.74, 6) is -3.89. The molecule has 0 radical (unpaired) electrons. The summed E-state index contributed by atoms with van der Waals surface area (Å²) in [7, 11) is 0.